The highest BCUT2D eigenvalue weighted by Crippen LogP contribution is 2.59. The molecule has 1 aromatic heterocycles. The molecule has 0 radical (unpaired) electrons. The van der Waals surface area contributed by atoms with Gasteiger partial charge in [0.25, 0.3) is 5.91 Å². The number of ether oxygens (including phenoxy) is 1. The monoisotopic (exact) mass is 570 g/mol. The Hall–Kier alpha value is -2.62. The zero-order valence-corrected chi connectivity index (χ0v) is 23.2. The van der Waals surface area contributed by atoms with Crippen molar-refractivity contribution in [1.29, 1.82) is 0 Å². The molecule has 37 heavy (non-hydrogen) atoms. The van der Waals surface area contributed by atoms with Crippen LogP contribution >= 0.6 is 15.9 Å². The van der Waals surface area contributed by atoms with Crippen molar-refractivity contribution in [2.45, 2.75) is 64.1 Å². The molecular formula is C28H32BrFN4O3. The third kappa shape index (κ3) is 4.21. The first kappa shape index (κ1) is 26.0. The first-order valence-electron chi connectivity index (χ1n) is 12.5. The van der Waals surface area contributed by atoms with Gasteiger partial charge >= 0.3 is 0 Å². The summed E-state index contributed by atoms with van der Waals surface area (Å²) >= 11 is 3.62. The lowest BCUT2D eigenvalue weighted by Crippen LogP contribution is -2.44. The molecular weight excluding hydrogens is 539 g/mol. The molecule has 0 saturated carbocycles. The van der Waals surface area contributed by atoms with Crippen LogP contribution in [-0.2, 0) is 21.7 Å². The first-order chi connectivity index (χ1) is 17.4. The second-order valence-corrected chi connectivity index (χ2v) is 11.6. The molecule has 0 aliphatic carbocycles. The van der Waals surface area contributed by atoms with Gasteiger partial charge in [0.1, 0.15) is 17.5 Å². The number of aromatic nitrogens is 3. The Balaban J connectivity index is 1.43. The largest absolute Gasteiger partial charge is 0.382 e. The van der Waals surface area contributed by atoms with Crippen LogP contribution in [0.3, 0.4) is 0 Å². The van der Waals surface area contributed by atoms with E-state index in [1.165, 1.54) is 0 Å². The van der Waals surface area contributed by atoms with Crippen LogP contribution in [0.25, 0.3) is 0 Å². The summed E-state index contributed by atoms with van der Waals surface area (Å²) in [4.78, 5) is 15.4. The number of rotatable bonds is 6. The second-order valence-electron chi connectivity index (χ2n) is 10.8. The van der Waals surface area contributed by atoms with E-state index >= 15 is 4.39 Å². The summed E-state index contributed by atoms with van der Waals surface area (Å²) in [7, 11) is 1.74. The maximum atomic E-state index is 15.7. The number of aryl methyl sites for hydroxylation is 2. The van der Waals surface area contributed by atoms with Gasteiger partial charge in [-0.05, 0) is 60.3 Å². The van der Waals surface area contributed by atoms with E-state index in [9.17, 15) is 9.90 Å². The number of halogens is 2. The number of hydrogen-bond donors (Lipinski definition) is 1. The van der Waals surface area contributed by atoms with Crippen LogP contribution < -0.4 is 4.90 Å². The molecule has 0 bridgehead atoms. The van der Waals surface area contributed by atoms with Gasteiger partial charge in [-0.1, -0.05) is 48.5 Å². The summed E-state index contributed by atoms with van der Waals surface area (Å²) in [6, 6.07) is 13.2. The van der Waals surface area contributed by atoms with Gasteiger partial charge in [-0.2, -0.15) is 0 Å². The molecule has 1 fully saturated rings. The minimum absolute atomic E-state index is 0.174. The number of likely N-dealkylation sites (N-methyl/N-ethyl adjacent to an activating group) is 1. The molecule has 1 spiro atoms. The molecule has 9 heteroatoms. The number of anilines is 1. The van der Waals surface area contributed by atoms with Gasteiger partial charge in [0, 0.05) is 35.5 Å². The molecule has 3 aromatic rings. The van der Waals surface area contributed by atoms with Crippen LogP contribution in [0, 0.1) is 18.8 Å². The van der Waals surface area contributed by atoms with E-state index < -0.39 is 35.3 Å². The normalized spacial score (nSPS) is 26.2. The van der Waals surface area contributed by atoms with E-state index in [1.807, 2.05) is 56.3 Å². The lowest BCUT2D eigenvalue weighted by Gasteiger charge is -2.32. The van der Waals surface area contributed by atoms with E-state index in [-0.39, 0.29) is 5.91 Å². The Labute approximate surface area is 224 Å². The number of carbonyl (C=O) groups excluding carboxylic acids is 1. The molecule has 2 aromatic carbocycles. The van der Waals surface area contributed by atoms with E-state index in [0.717, 1.165) is 26.9 Å². The van der Waals surface area contributed by atoms with Gasteiger partial charge in [-0.3, -0.25) is 9.48 Å². The fraction of sp³-hybridized carbons (Fsp3) is 0.464. The minimum Gasteiger partial charge on any atom is -0.382 e. The number of amides is 1. The number of aliphatic hydroxyl groups is 1. The number of fused-ring (bicyclic) bond motifs is 2. The minimum atomic E-state index is -1.58. The molecule has 2 aliphatic heterocycles. The Morgan fingerprint density at radius 1 is 1.27 bits per heavy atom. The number of benzene rings is 2. The molecule has 0 unspecified atom stereocenters. The highest BCUT2D eigenvalue weighted by molar-refractivity contribution is 9.10. The van der Waals surface area contributed by atoms with Gasteiger partial charge in [-0.25, -0.2) is 4.39 Å². The van der Waals surface area contributed by atoms with Crippen molar-refractivity contribution in [2.75, 3.05) is 11.9 Å². The quantitative estimate of drug-likeness (QED) is 0.446. The zero-order valence-electron chi connectivity index (χ0n) is 21.7. The molecule has 5 rings (SSSR count). The highest BCUT2D eigenvalue weighted by atomic mass is 79.9. The van der Waals surface area contributed by atoms with E-state index in [4.69, 9.17) is 4.74 Å². The maximum absolute atomic E-state index is 15.7. The van der Waals surface area contributed by atoms with Crippen LogP contribution in [0.15, 0.2) is 53.1 Å². The highest BCUT2D eigenvalue weighted by Gasteiger charge is 2.65. The van der Waals surface area contributed by atoms with Crippen molar-refractivity contribution in [2.24, 2.45) is 11.8 Å². The molecule has 1 saturated heterocycles. The van der Waals surface area contributed by atoms with E-state index in [2.05, 4.69) is 26.2 Å². The standard InChI is InChI=1S/C28H32BrFN4O3/c1-16-13-19-24(20(29)14-16)33(5)26(36)28(19)17(2)23(27(3,4)30)22(37-28)11-12-34-15-21(31-32-34)25(35)18-9-7-6-8-10-18/h6-10,13-15,17,22-23,25,35H,11-12H2,1-5H3/t17-,22+,23-,25+,28+/m0/s1. The summed E-state index contributed by atoms with van der Waals surface area (Å²) in [6.45, 7) is 7.42. The Morgan fingerprint density at radius 2 is 1.97 bits per heavy atom. The van der Waals surface area contributed by atoms with Crippen molar-refractivity contribution in [3.05, 3.63) is 75.5 Å². The average Bonchev–Trinajstić information content (AvgIpc) is 3.49. The first-order valence-corrected chi connectivity index (χ1v) is 13.3. The van der Waals surface area contributed by atoms with Crippen molar-refractivity contribution in [3.8, 4) is 0 Å². The van der Waals surface area contributed by atoms with Crippen molar-refractivity contribution in [3.63, 3.8) is 0 Å². The average molecular weight is 571 g/mol. The van der Waals surface area contributed by atoms with Gasteiger partial charge in [0.05, 0.1) is 18.0 Å². The molecule has 196 valence electrons. The van der Waals surface area contributed by atoms with Crippen LogP contribution in [0.1, 0.15) is 55.7 Å². The molecule has 1 amide bonds. The Kier molecular flexibility index (Phi) is 6.53. The summed E-state index contributed by atoms with van der Waals surface area (Å²) in [6.07, 6.45) is 0.729. The SMILES string of the molecule is Cc1cc(Br)c2c(c1)[C@@]1(O[C@H](CCn3cc([C@H](O)c4ccccc4)nn3)[C@@H](C(C)(C)F)[C@@H]1C)C(=O)N2C. The number of alkyl halides is 1. The predicted molar refractivity (Wildman–Crippen MR) is 142 cm³/mol. The van der Waals surface area contributed by atoms with Crippen LogP contribution in [0.5, 0.6) is 0 Å². The summed E-state index contributed by atoms with van der Waals surface area (Å²) < 4.78 is 24.9. The van der Waals surface area contributed by atoms with Gasteiger partial charge in [0.15, 0.2) is 5.60 Å². The molecule has 7 nitrogen and oxygen atoms in total. The Morgan fingerprint density at radius 3 is 2.65 bits per heavy atom. The topological polar surface area (TPSA) is 80.5 Å². The number of carbonyl (C=O) groups is 1. The molecule has 3 heterocycles. The third-order valence-electron chi connectivity index (χ3n) is 7.87. The van der Waals surface area contributed by atoms with Crippen LogP contribution in [-0.4, -0.2) is 44.8 Å². The van der Waals surface area contributed by atoms with Gasteiger partial charge in [0.2, 0.25) is 0 Å². The smallest absolute Gasteiger partial charge is 0.264 e. The predicted octanol–water partition coefficient (Wildman–Crippen LogP) is 5.09. The van der Waals surface area contributed by atoms with E-state index in [1.54, 1.807) is 36.7 Å². The Bertz CT molecular complexity index is 1320. The van der Waals surface area contributed by atoms with Crippen LogP contribution in [0.2, 0.25) is 0 Å². The third-order valence-corrected chi connectivity index (χ3v) is 8.48. The fourth-order valence-corrected chi connectivity index (χ4v) is 7.10. The number of aliphatic hydroxyl groups excluding tert-OH is 1. The second kappa shape index (κ2) is 9.29. The molecule has 1 N–H and O–H groups in total. The van der Waals surface area contributed by atoms with E-state index in [0.29, 0.717) is 18.7 Å². The number of hydrogen-bond acceptors (Lipinski definition) is 5. The summed E-state index contributed by atoms with van der Waals surface area (Å²) in [5, 5.41) is 19.0. The van der Waals surface area contributed by atoms with Crippen molar-refractivity contribution in [1.82, 2.24) is 15.0 Å². The van der Waals surface area contributed by atoms with Gasteiger partial charge < -0.3 is 14.7 Å². The fourth-order valence-electron chi connectivity index (χ4n) is 6.26. The lowest BCUT2D eigenvalue weighted by molar-refractivity contribution is -0.145. The van der Waals surface area contributed by atoms with Crippen molar-refractivity contribution < 1.29 is 19.0 Å². The van der Waals surface area contributed by atoms with Crippen LogP contribution in [0.4, 0.5) is 10.1 Å². The summed E-state index contributed by atoms with van der Waals surface area (Å²) in [5.41, 5.74) is 0.886. The molecule has 5 atom stereocenters. The number of nitrogens with zero attached hydrogens (tertiary/aromatic N) is 4. The van der Waals surface area contributed by atoms with Gasteiger partial charge in [-0.15, -0.1) is 5.10 Å². The maximum Gasteiger partial charge on any atom is 0.264 e. The zero-order chi connectivity index (χ0) is 26.7. The summed E-state index contributed by atoms with van der Waals surface area (Å²) in [5.74, 6) is -1.09. The lowest BCUT2D eigenvalue weighted by atomic mass is 9.71. The van der Waals surface area contributed by atoms with Crippen molar-refractivity contribution >= 4 is 27.5 Å². The molecule has 2 aliphatic rings.